The molecule has 0 heterocycles. The smallest absolute Gasteiger partial charge is 0.446 e. The van der Waals surface area contributed by atoms with E-state index < -0.39 is 17.5 Å². The molecule has 1 aromatic carbocycles. The van der Waals surface area contributed by atoms with E-state index in [4.69, 9.17) is 10.8 Å². The average molecular weight is 302 g/mol. The third-order valence-corrected chi connectivity index (χ3v) is 2.67. The lowest BCUT2D eigenvalue weighted by atomic mass is 10.1. The van der Waals surface area contributed by atoms with Crippen molar-refractivity contribution in [1.29, 1.82) is 0 Å². The normalized spacial score (nSPS) is 12.7. The molecule has 0 aromatic heterocycles. The van der Waals surface area contributed by atoms with Crippen LogP contribution in [0.3, 0.4) is 0 Å². The molecule has 1 atom stereocenters. The van der Waals surface area contributed by atoms with Gasteiger partial charge in [0.1, 0.15) is 6.04 Å². The van der Waals surface area contributed by atoms with Crippen molar-refractivity contribution >= 4 is 30.1 Å². The molecule has 0 saturated heterocycles. The van der Waals surface area contributed by atoms with Gasteiger partial charge in [-0.15, -0.1) is 12.4 Å². The van der Waals surface area contributed by atoms with Crippen LogP contribution in [-0.2, 0) is 11.2 Å². The van der Waals surface area contributed by atoms with Crippen molar-refractivity contribution in [2.45, 2.75) is 22.9 Å². The number of thioether (sulfide) groups is 1. The minimum absolute atomic E-state index is 0. The van der Waals surface area contributed by atoms with Crippen LogP contribution in [0.4, 0.5) is 13.2 Å². The van der Waals surface area contributed by atoms with Crippen LogP contribution in [0.1, 0.15) is 5.56 Å². The number of carbonyl (C=O) groups is 1. The highest BCUT2D eigenvalue weighted by molar-refractivity contribution is 8.00. The van der Waals surface area contributed by atoms with Gasteiger partial charge in [-0.25, -0.2) is 0 Å². The minimum atomic E-state index is -4.32. The second kappa shape index (κ2) is 6.86. The molecule has 1 aromatic rings. The summed E-state index contributed by atoms with van der Waals surface area (Å²) in [6.07, 6.45) is 0.0896. The Balaban J connectivity index is 0.00000289. The number of halogens is 4. The van der Waals surface area contributed by atoms with Gasteiger partial charge in [0.25, 0.3) is 0 Å². The van der Waals surface area contributed by atoms with Gasteiger partial charge in [-0.3, -0.25) is 4.79 Å². The molecule has 0 bridgehead atoms. The molecular weight excluding hydrogens is 291 g/mol. The topological polar surface area (TPSA) is 63.3 Å². The molecule has 0 aliphatic rings. The zero-order chi connectivity index (χ0) is 13.1. The maximum absolute atomic E-state index is 12.0. The van der Waals surface area contributed by atoms with Crippen LogP contribution in [-0.4, -0.2) is 22.6 Å². The lowest BCUT2D eigenvalue weighted by molar-refractivity contribution is -0.138. The third kappa shape index (κ3) is 6.13. The van der Waals surface area contributed by atoms with Gasteiger partial charge in [0.2, 0.25) is 0 Å². The number of aliphatic carboxylic acids is 1. The van der Waals surface area contributed by atoms with Gasteiger partial charge < -0.3 is 10.8 Å². The molecule has 0 aliphatic carbocycles. The summed E-state index contributed by atoms with van der Waals surface area (Å²) in [6, 6.07) is 4.42. The van der Waals surface area contributed by atoms with Crippen molar-refractivity contribution in [2.24, 2.45) is 5.73 Å². The van der Waals surface area contributed by atoms with Crippen LogP contribution in [0.25, 0.3) is 0 Å². The number of benzene rings is 1. The van der Waals surface area contributed by atoms with Gasteiger partial charge in [-0.1, -0.05) is 12.1 Å². The lowest BCUT2D eigenvalue weighted by Crippen LogP contribution is -2.32. The summed E-state index contributed by atoms with van der Waals surface area (Å²) in [6.45, 7) is 0. The standard InChI is InChI=1S/C10H10F3NO2S.ClH/c11-10(12,13)17-7-3-1-6(2-4-7)5-8(14)9(15)16;/h1-4,8H,5,14H2,(H,15,16);1H. The first-order chi connectivity index (χ1) is 7.78. The molecule has 1 unspecified atom stereocenters. The van der Waals surface area contributed by atoms with Crippen molar-refractivity contribution < 1.29 is 23.1 Å². The first kappa shape index (κ1) is 17.1. The summed E-state index contributed by atoms with van der Waals surface area (Å²) >= 11 is -0.213. The number of carboxylic acids is 1. The zero-order valence-corrected chi connectivity index (χ0v) is 10.6. The molecular formula is C10H11ClF3NO2S. The molecule has 1 rings (SSSR count). The highest BCUT2D eigenvalue weighted by Gasteiger charge is 2.29. The fourth-order valence-corrected chi connectivity index (χ4v) is 1.71. The van der Waals surface area contributed by atoms with E-state index >= 15 is 0 Å². The number of hydrogen-bond acceptors (Lipinski definition) is 3. The van der Waals surface area contributed by atoms with Crippen molar-refractivity contribution in [3.05, 3.63) is 29.8 Å². The van der Waals surface area contributed by atoms with Crippen molar-refractivity contribution in [3.8, 4) is 0 Å². The Kier molecular flexibility index (Phi) is 6.51. The maximum Gasteiger partial charge on any atom is 0.446 e. The Hall–Kier alpha value is -0.920. The molecule has 8 heteroatoms. The molecule has 0 saturated carbocycles. The summed E-state index contributed by atoms with van der Waals surface area (Å²) in [7, 11) is 0. The average Bonchev–Trinajstić information content (AvgIpc) is 2.18. The Labute approximate surface area is 112 Å². The van der Waals surface area contributed by atoms with Gasteiger partial charge in [0.15, 0.2) is 0 Å². The molecule has 0 fully saturated rings. The molecule has 0 spiro atoms. The predicted molar refractivity (Wildman–Crippen MR) is 64.9 cm³/mol. The van der Waals surface area contributed by atoms with Crippen LogP contribution >= 0.6 is 24.2 Å². The van der Waals surface area contributed by atoms with Gasteiger partial charge >= 0.3 is 11.5 Å². The molecule has 102 valence electrons. The van der Waals surface area contributed by atoms with E-state index in [0.29, 0.717) is 5.56 Å². The quantitative estimate of drug-likeness (QED) is 0.839. The Morgan fingerprint density at radius 1 is 1.33 bits per heavy atom. The molecule has 0 aliphatic heterocycles. The van der Waals surface area contributed by atoms with E-state index in [1.807, 2.05) is 0 Å². The van der Waals surface area contributed by atoms with Crippen molar-refractivity contribution in [1.82, 2.24) is 0 Å². The number of nitrogens with two attached hydrogens (primary N) is 1. The highest BCUT2D eigenvalue weighted by Crippen LogP contribution is 2.36. The second-order valence-corrected chi connectivity index (χ2v) is 4.48. The Morgan fingerprint density at radius 2 is 1.83 bits per heavy atom. The third-order valence-electron chi connectivity index (χ3n) is 1.93. The minimum Gasteiger partial charge on any atom is -0.480 e. The Morgan fingerprint density at radius 3 is 2.22 bits per heavy atom. The molecule has 3 nitrogen and oxygen atoms in total. The molecule has 0 amide bonds. The fraction of sp³-hybridized carbons (Fsp3) is 0.300. The van der Waals surface area contributed by atoms with E-state index in [9.17, 15) is 18.0 Å². The van der Waals surface area contributed by atoms with Gasteiger partial charge in [0, 0.05) is 4.90 Å². The summed E-state index contributed by atoms with van der Waals surface area (Å²) in [5, 5.41) is 8.57. The lowest BCUT2D eigenvalue weighted by Gasteiger charge is -2.08. The van der Waals surface area contributed by atoms with Crippen LogP contribution in [0, 0.1) is 0 Å². The SMILES string of the molecule is Cl.NC(Cc1ccc(SC(F)(F)F)cc1)C(=O)O. The molecule has 18 heavy (non-hydrogen) atoms. The van der Waals surface area contributed by atoms with Crippen LogP contribution < -0.4 is 5.73 Å². The van der Waals surface area contributed by atoms with Crippen molar-refractivity contribution in [3.63, 3.8) is 0 Å². The second-order valence-electron chi connectivity index (χ2n) is 3.34. The van der Waals surface area contributed by atoms with E-state index in [0.717, 1.165) is 0 Å². The monoisotopic (exact) mass is 301 g/mol. The fourth-order valence-electron chi connectivity index (χ4n) is 1.17. The maximum atomic E-state index is 12.0. The van der Waals surface area contributed by atoms with E-state index in [-0.39, 0.29) is 35.5 Å². The van der Waals surface area contributed by atoms with Crippen LogP contribution in [0.15, 0.2) is 29.2 Å². The number of carboxylic acid groups (broad SMARTS) is 1. The molecule has 0 radical (unpaired) electrons. The van der Waals surface area contributed by atoms with E-state index in [1.54, 1.807) is 0 Å². The van der Waals surface area contributed by atoms with E-state index in [1.165, 1.54) is 24.3 Å². The summed E-state index contributed by atoms with van der Waals surface area (Å²) in [5.41, 5.74) is 1.57. The van der Waals surface area contributed by atoms with Crippen LogP contribution in [0.5, 0.6) is 0 Å². The van der Waals surface area contributed by atoms with Crippen molar-refractivity contribution in [2.75, 3.05) is 0 Å². The summed E-state index contributed by atoms with van der Waals surface area (Å²) in [5.74, 6) is -1.14. The number of hydrogen-bond donors (Lipinski definition) is 2. The predicted octanol–water partition coefficient (Wildman–Crippen LogP) is 2.67. The molecule has 3 N–H and O–H groups in total. The summed E-state index contributed by atoms with van der Waals surface area (Å²) < 4.78 is 36.1. The zero-order valence-electron chi connectivity index (χ0n) is 8.98. The highest BCUT2D eigenvalue weighted by atomic mass is 35.5. The first-order valence-corrected chi connectivity index (χ1v) is 5.42. The Bertz CT molecular complexity index is 397. The van der Waals surface area contributed by atoms with Gasteiger partial charge in [-0.05, 0) is 35.9 Å². The van der Waals surface area contributed by atoms with E-state index in [2.05, 4.69) is 0 Å². The van der Waals surface area contributed by atoms with Gasteiger partial charge in [0.05, 0.1) is 0 Å². The number of alkyl halides is 3. The van der Waals surface area contributed by atoms with Gasteiger partial charge in [-0.2, -0.15) is 13.2 Å². The number of rotatable bonds is 4. The first-order valence-electron chi connectivity index (χ1n) is 4.61. The summed E-state index contributed by atoms with van der Waals surface area (Å²) in [4.78, 5) is 10.5. The van der Waals surface area contributed by atoms with Crippen LogP contribution in [0.2, 0.25) is 0 Å². The largest absolute Gasteiger partial charge is 0.480 e.